The molecule has 0 aromatic heterocycles. The number of nitro benzene ring substituents is 1. The second-order valence-electron chi connectivity index (χ2n) is 7.77. The van der Waals surface area contributed by atoms with Gasteiger partial charge in [0.15, 0.2) is 5.60 Å². The molecule has 0 radical (unpaired) electrons. The van der Waals surface area contributed by atoms with Gasteiger partial charge in [0.25, 0.3) is 12.0 Å². The van der Waals surface area contributed by atoms with Crippen LogP contribution >= 0.6 is 0 Å². The lowest BCUT2D eigenvalue weighted by atomic mass is 9.72. The van der Waals surface area contributed by atoms with Crippen LogP contribution in [0.3, 0.4) is 0 Å². The maximum absolute atomic E-state index is 13.4. The zero-order chi connectivity index (χ0) is 22.7. The van der Waals surface area contributed by atoms with Crippen molar-refractivity contribution >= 4 is 35.1 Å². The van der Waals surface area contributed by atoms with Crippen molar-refractivity contribution in [3.8, 4) is 0 Å². The lowest BCUT2D eigenvalue weighted by Gasteiger charge is -2.34. The predicted molar refractivity (Wildman–Crippen MR) is 101 cm³/mol. The molecule has 0 saturated carbocycles. The van der Waals surface area contributed by atoms with E-state index in [9.17, 15) is 29.3 Å². The van der Waals surface area contributed by atoms with Crippen molar-refractivity contribution in [2.24, 2.45) is 11.8 Å². The molecule has 2 amide bonds. The minimum Gasteiger partial charge on any atom is -0.422 e. The van der Waals surface area contributed by atoms with Crippen LogP contribution in [0.15, 0.2) is 36.4 Å². The van der Waals surface area contributed by atoms with Crippen molar-refractivity contribution in [2.45, 2.75) is 38.3 Å². The Morgan fingerprint density at radius 1 is 1.13 bits per heavy atom. The highest BCUT2D eigenvalue weighted by Gasteiger charge is 2.76. The number of non-ortho nitro benzene ring substituents is 1. The fraction of sp³-hybridized carbons (Fsp3) is 0.400. The fourth-order valence-corrected chi connectivity index (χ4v) is 4.56. The Balaban J connectivity index is 1.79. The number of esters is 2. The van der Waals surface area contributed by atoms with Gasteiger partial charge in [-0.15, -0.1) is 0 Å². The summed E-state index contributed by atoms with van der Waals surface area (Å²) in [5.41, 5.74) is -3.19. The molecular formula is C20H18N2O9. The summed E-state index contributed by atoms with van der Waals surface area (Å²) in [5.74, 6) is -5.04. The third-order valence-corrected chi connectivity index (χ3v) is 5.69. The smallest absolute Gasteiger partial charge is 0.305 e. The van der Waals surface area contributed by atoms with Crippen LogP contribution < -0.4 is 4.90 Å². The number of rotatable bonds is 5. The van der Waals surface area contributed by atoms with E-state index in [4.69, 9.17) is 14.2 Å². The first kappa shape index (κ1) is 20.7. The van der Waals surface area contributed by atoms with Crippen LogP contribution in [0.25, 0.3) is 0 Å². The normalized spacial score (nSPS) is 30.6. The molecule has 2 bridgehead atoms. The molecule has 0 spiro atoms. The molecule has 4 atom stereocenters. The number of fused-ring (bicyclic) bond motifs is 5. The Morgan fingerprint density at radius 2 is 1.74 bits per heavy atom. The molecule has 1 aromatic carbocycles. The summed E-state index contributed by atoms with van der Waals surface area (Å²) in [6.07, 6.45) is 1.43. The SMILES string of the molecule is CC(=O)OC(OC(C)=O)[C@]12C=C[C@](C)(O1)[C@H]1C(=O)N(c3cccc([N+](=O)[O-])c3)C(=O)[C@@H]12. The number of hydrogen-bond donors (Lipinski definition) is 0. The maximum Gasteiger partial charge on any atom is 0.305 e. The van der Waals surface area contributed by atoms with E-state index in [1.165, 1.54) is 24.3 Å². The van der Waals surface area contributed by atoms with Gasteiger partial charge in [-0.2, -0.15) is 0 Å². The van der Waals surface area contributed by atoms with E-state index in [1.807, 2.05) is 0 Å². The maximum atomic E-state index is 13.4. The molecule has 0 unspecified atom stereocenters. The number of ether oxygens (including phenoxy) is 3. The average Bonchev–Trinajstić information content (AvgIpc) is 3.26. The monoisotopic (exact) mass is 430 g/mol. The van der Waals surface area contributed by atoms with Crippen molar-refractivity contribution in [1.82, 2.24) is 0 Å². The minimum atomic E-state index is -1.71. The van der Waals surface area contributed by atoms with Gasteiger partial charge in [0, 0.05) is 26.0 Å². The quantitative estimate of drug-likeness (QED) is 0.168. The molecule has 31 heavy (non-hydrogen) atoms. The number of carbonyl (C=O) groups is 4. The first-order chi connectivity index (χ1) is 14.5. The Bertz CT molecular complexity index is 1050. The van der Waals surface area contributed by atoms with E-state index in [1.54, 1.807) is 13.0 Å². The lowest BCUT2D eigenvalue weighted by molar-refractivity contribution is -0.384. The number of hydrogen-bond acceptors (Lipinski definition) is 9. The molecule has 11 heteroatoms. The predicted octanol–water partition coefficient (Wildman–Crippen LogP) is 1.25. The summed E-state index contributed by atoms with van der Waals surface area (Å²) >= 11 is 0. The van der Waals surface area contributed by atoms with E-state index in [-0.39, 0.29) is 11.4 Å². The molecule has 4 rings (SSSR count). The Labute approximate surface area is 175 Å². The van der Waals surface area contributed by atoms with Gasteiger partial charge < -0.3 is 14.2 Å². The molecule has 3 aliphatic rings. The van der Waals surface area contributed by atoms with Crippen LogP contribution in [0.4, 0.5) is 11.4 Å². The van der Waals surface area contributed by atoms with Crippen LogP contribution in [-0.2, 0) is 33.4 Å². The largest absolute Gasteiger partial charge is 0.422 e. The van der Waals surface area contributed by atoms with Crippen molar-refractivity contribution in [2.75, 3.05) is 4.90 Å². The molecule has 0 N–H and O–H groups in total. The third-order valence-electron chi connectivity index (χ3n) is 5.69. The van der Waals surface area contributed by atoms with Gasteiger partial charge in [-0.3, -0.25) is 29.3 Å². The standard InChI is InChI=1S/C20H18N2O9/c1-10(23)29-18(30-11(2)24)20-8-7-19(3,31-20)14-15(20)17(26)21(16(14)25)12-5-4-6-13(9-12)22(27)28/h4-9,14-15,18H,1-3H3/t14-,15-,19+,20-/m1/s1. The summed E-state index contributed by atoms with van der Waals surface area (Å²) in [7, 11) is 0. The van der Waals surface area contributed by atoms with E-state index >= 15 is 0 Å². The third kappa shape index (κ3) is 2.92. The fourth-order valence-electron chi connectivity index (χ4n) is 4.56. The first-order valence-electron chi connectivity index (χ1n) is 9.37. The first-order valence-corrected chi connectivity index (χ1v) is 9.37. The van der Waals surface area contributed by atoms with E-state index in [0.717, 1.165) is 24.8 Å². The summed E-state index contributed by atoms with van der Waals surface area (Å²) < 4.78 is 16.4. The number of nitrogens with zero attached hydrogens (tertiary/aromatic N) is 2. The van der Waals surface area contributed by atoms with Gasteiger partial charge in [0.2, 0.25) is 11.8 Å². The van der Waals surface area contributed by atoms with Crippen molar-refractivity contribution in [1.29, 1.82) is 0 Å². The van der Waals surface area contributed by atoms with Crippen LogP contribution in [0.1, 0.15) is 20.8 Å². The molecule has 0 aliphatic carbocycles. The van der Waals surface area contributed by atoms with E-state index in [0.29, 0.717) is 0 Å². The van der Waals surface area contributed by atoms with Crippen LogP contribution in [0.5, 0.6) is 0 Å². The molecule has 162 valence electrons. The van der Waals surface area contributed by atoms with Crippen molar-refractivity contribution in [3.63, 3.8) is 0 Å². The van der Waals surface area contributed by atoms with E-state index < -0.39 is 58.0 Å². The Kier molecular flexibility index (Phi) is 4.47. The summed E-state index contributed by atoms with van der Waals surface area (Å²) in [6, 6.07) is 5.13. The van der Waals surface area contributed by atoms with Gasteiger partial charge in [-0.1, -0.05) is 12.1 Å². The molecule has 2 fully saturated rings. The zero-order valence-electron chi connectivity index (χ0n) is 16.8. The molecule has 3 heterocycles. The topological polar surface area (TPSA) is 142 Å². The highest BCUT2D eigenvalue weighted by molar-refractivity contribution is 6.23. The molecule has 3 aliphatic heterocycles. The van der Waals surface area contributed by atoms with Crippen LogP contribution in [0.2, 0.25) is 0 Å². The molecule has 2 saturated heterocycles. The van der Waals surface area contributed by atoms with Crippen molar-refractivity contribution < 1.29 is 38.3 Å². The summed E-state index contributed by atoms with van der Waals surface area (Å²) in [4.78, 5) is 61.4. The zero-order valence-corrected chi connectivity index (χ0v) is 16.8. The highest BCUT2D eigenvalue weighted by Crippen LogP contribution is 2.59. The number of nitro groups is 1. The number of anilines is 1. The average molecular weight is 430 g/mol. The summed E-state index contributed by atoms with van der Waals surface area (Å²) in [6.45, 7) is 3.81. The minimum absolute atomic E-state index is 0.0354. The highest BCUT2D eigenvalue weighted by atomic mass is 16.7. The van der Waals surface area contributed by atoms with Gasteiger partial charge in [-0.25, -0.2) is 4.90 Å². The number of benzene rings is 1. The van der Waals surface area contributed by atoms with E-state index in [2.05, 4.69) is 0 Å². The van der Waals surface area contributed by atoms with Crippen LogP contribution in [0, 0.1) is 22.0 Å². The second-order valence-corrected chi connectivity index (χ2v) is 7.77. The summed E-state index contributed by atoms with van der Waals surface area (Å²) in [5, 5.41) is 11.1. The Morgan fingerprint density at radius 3 is 2.32 bits per heavy atom. The second kappa shape index (κ2) is 6.71. The molecule has 11 nitrogen and oxygen atoms in total. The van der Waals surface area contributed by atoms with Gasteiger partial charge in [-0.05, 0) is 19.1 Å². The lowest BCUT2D eigenvalue weighted by Crippen LogP contribution is -2.52. The van der Waals surface area contributed by atoms with Gasteiger partial charge in [0.05, 0.1) is 28.0 Å². The Hall–Kier alpha value is -3.60. The van der Waals surface area contributed by atoms with Crippen molar-refractivity contribution in [3.05, 3.63) is 46.5 Å². The number of imide groups is 1. The van der Waals surface area contributed by atoms with Gasteiger partial charge >= 0.3 is 11.9 Å². The van der Waals surface area contributed by atoms with Crippen LogP contribution in [-0.4, -0.2) is 46.2 Å². The number of amides is 2. The molecule has 1 aromatic rings. The molecular weight excluding hydrogens is 412 g/mol. The van der Waals surface area contributed by atoms with Gasteiger partial charge in [0.1, 0.15) is 0 Å². The number of carbonyl (C=O) groups excluding carboxylic acids is 4.